The van der Waals surface area contributed by atoms with Crippen LogP contribution in [0.1, 0.15) is 41.5 Å². The molecule has 1 atom stereocenters. The molecule has 12 heteroatoms. The summed E-state index contributed by atoms with van der Waals surface area (Å²) in [5.41, 5.74) is -1.17. The lowest BCUT2D eigenvalue weighted by Crippen LogP contribution is -2.20. The van der Waals surface area contributed by atoms with Crippen LogP contribution in [0.25, 0.3) is 11.0 Å². The third-order valence-corrected chi connectivity index (χ3v) is 5.79. The first-order valence-electron chi connectivity index (χ1n) is 9.31. The van der Waals surface area contributed by atoms with Gasteiger partial charge in [-0.3, -0.25) is 9.52 Å². The average Bonchev–Trinajstić information content (AvgIpc) is 3.09. The van der Waals surface area contributed by atoms with Crippen molar-refractivity contribution >= 4 is 48.5 Å². The van der Waals surface area contributed by atoms with Gasteiger partial charge in [0.25, 0.3) is 0 Å². The highest BCUT2D eigenvalue weighted by molar-refractivity contribution is 9.10. The molecule has 31 heavy (non-hydrogen) atoms. The quantitative estimate of drug-likeness (QED) is 0.519. The Labute approximate surface area is 184 Å². The Kier molecular flexibility index (Phi) is 5.79. The number of nitrogens with one attached hydrogen (secondary N) is 1. The average molecular weight is 515 g/mol. The van der Waals surface area contributed by atoms with Crippen molar-refractivity contribution in [2.45, 2.75) is 25.5 Å². The highest BCUT2D eigenvalue weighted by Gasteiger charge is 2.28. The van der Waals surface area contributed by atoms with Gasteiger partial charge in [-0.05, 0) is 53.4 Å². The van der Waals surface area contributed by atoms with Crippen molar-refractivity contribution in [3.63, 3.8) is 0 Å². The van der Waals surface area contributed by atoms with Crippen molar-refractivity contribution in [3.8, 4) is 0 Å². The van der Waals surface area contributed by atoms with Crippen LogP contribution in [0.4, 0.5) is 14.5 Å². The second kappa shape index (κ2) is 8.24. The molecule has 1 fully saturated rings. The minimum atomic E-state index is -3.97. The number of sulfonamides is 1. The molecule has 8 nitrogen and oxygen atoms in total. The topological polar surface area (TPSA) is 103 Å². The molecule has 0 bridgehead atoms. The summed E-state index contributed by atoms with van der Waals surface area (Å²) >= 11 is 3.30. The standard InChI is InChI=1S/C19H17BrF2N4O4S/c1-31(28,29)25-17-13(21)6-5-11(15(17)22)18(27)16-12-8-10(20)9-23-19(12)26(24-16)14-4-2-3-7-30-14/h5-6,8-9,14,25H,2-4,7H2,1H3. The molecule has 3 heterocycles. The second-order valence-corrected chi connectivity index (χ2v) is 9.79. The van der Waals surface area contributed by atoms with Crippen LogP contribution in [0.3, 0.4) is 0 Å². The van der Waals surface area contributed by atoms with Gasteiger partial charge in [0.2, 0.25) is 15.8 Å². The zero-order valence-corrected chi connectivity index (χ0v) is 18.6. The van der Waals surface area contributed by atoms with Gasteiger partial charge in [0.1, 0.15) is 17.2 Å². The molecule has 1 N–H and O–H groups in total. The number of nitrogens with zero attached hydrogens (tertiary/aromatic N) is 3. The van der Waals surface area contributed by atoms with Crippen LogP contribution in [0.5, 0.6) is 0 Å². The van der Waals surface area contributed by atoms with E-state index in [1.54, 1.807) is 17.0 Å². The first-order chi connectivity index (χ1) is 14.7. The minimum absolute atomic E-state index is 0.103. The highest BCUT2D eigenvalue weighted by atomic mass is 79.9. The SMILES string of the molecule is CS(=O)(=O)Nc1c(F)ccc(C(=O)c2nn(C3CCCCO3)c3ncc(Br)cc23)c1F. The summed E-state index contributed by atoms with van der Waals surface area (Å²) in [5, 5.41) is 4.71. The van der Waals surface area contributed by atoms with Crippen LogP contribution >= 0.6 is 15.9 Å². The molecule has 1 aromatic carbocycles. The normalized spacial score (nSPS) is 17.1. The summed E-state index contributed by atoms with van der Waals surface area (Å²) < 4.78 is 61.6. The number of carbonyl (C=O) groups is 1. The molecule has 0 spiro atoms. The summed E-state index contributed by atoms with van der Waals surface area (Å²) in [6, 6.07) is 3.40. The molecule has 0 radical (unpaired) electrons. The molecule has 1 unspecified atom stereocenters. The number of hydrogen-bond donors (Lipinski definition) is 1. The van der Waals surface area contributed by atoms with E-state index in [4.69, 9.17) is 4.74 Å². The van der Waals surface area contributed by atoms with E-state index < -0.39 is 44.9 Å². The molecular formula is C19H17BrF2N4O4S. The van der Waals surface area contributed by atoms with E-state index in [1.807, 2.05) is 0 Å². The van der Waals surface area contributed by atoms with Gasteiger partial charge in [0.05, 0.1) is 17.2 Å². The van der Waals surface area contributed by atoms with Gasteiger partial charge in [-0.1, -0.05) is 0 Å². The number of aromatic nitrogens is 3. The van der Waals surface area contributed by atoms with Crippen molar-refractivity contribution in [3.05, 3.63) is 51.8 Å². The van der Waals surface area contributed by atoms with E-state index in [0.717, 1.165) is 31.2 Å². The van der Waals surface area contributed by atoms with E-state index in [-0.39, 0.29) is 5.69 Å². The smallest absolute Gasteiger partial charge is 0.230 e. The Balaban J connectivity index is 1.85. The van der Waals surface area contributed by atoms with Crippen molar-refractivity contribution in [2.24, 2.45) is 0 Å². The molecule has 0 saturated carbocycles. The van der Waals surface area contributed by atoms with E-state index >= 15 is 0 Å². The van der Waals surface area contributed by atoms with Gasteiger partial charge >= 0.3 is 0 Å². The summed E-state index contributed by atoms with van der Waals surface area (Å²) in [7, 11) is -3.97. The first kappa shape index (κ1) is 21.8. The van der Waals surface area contributed by atoms with Crippen molar-refractivity contribution < 1.29 is 26.7 Å². The minimum Gasteiger partial charge on any atom is -0.356 e. The molecule has 4 rings (SSSR count). The van der Waals surface area contributed by atoms with Gasteiger partial charge in [-0.2, -0.15) is 5.10 Å². The van der Waals surface area contributed by atoms with Gasteiger partial charge in [0.15, 0.2) is 17.7 Å². The van der Waals surface area contributed by atoms with E-state index in [1.165, 1.54) is 4.68 Å². The number of ether oxygens (including phenoxy) is 1. The molecule has 1 aliphatic rings. The number of ketones is 1. The van der Waals surface area contributed by atoms with Gasteiger partial charge in [0, 0.05) is 17.3 Å². The predicted molar refractivity (Wildman–Crippen MR) is 112 cm³/mol. The molecule has 3 aromatic rings. The molecular weight excluding hydrogens is 498 g/mol. The number of pyridine rings is 1. The monoisotopic (exact) mass is 514 g/mol. The second-order valence-electron chi connectivity index (χ2n) is 7.13. The van der Waals surface area contributed by atoms with Crippen LogP contribution in [-0.2, 0) is 14.8 Å². The summed E-state index contributed by atoms with van der Waals surface area (Å²) in [6.45, 7) is 0.541. The number of benzene rings is 1. The van der Waals surface area contributed by atoms with Crippen molar-refractivity contribution in [1.82, 2.24) is 14.8 Å². The predicted octanol–water partition coefficient (Wildman–Crippen LogP) is 3.77. The van der Waals surface area contributed by atoms with Crippen molar-refractivity contribution in [2.75, 3.05) is 17.6 Å². The number of halogens is 3. The van der Waals surface area contributed by atoms with Gasteiger partial charge in [-0.15, -0.1) is 0 Å². The Bertz CT molecular complexity index is 1290. The summed E-state index contributed by atoms with van der Waals surface area (Å²) in [4.78, 5) is 17.5. The molecule has 2 aromatic heterocycles. The van der Waals surface area contributed by atoms with Crippen molar-refractivity contribution in [1.29, 1.82) is 0 Å². The first-order valence-corrected chi connectivity index (χ1v) is 12.0. The maximum Gasteiger partial charge on any atom is 0.230 e. The summed E-state index contributed by atoms with van der Waals surface area (Å²) in [5.74, 6) is -3.31. The fraction of sp³-hybridized carbons (Fsp3) is 0.316. The Morgan fingerprint density at radius 1 is 1.32 bits per heavy atom. The van der Waals surface area contributed by atoms with Gasteiger partial charge in [-0.25, -0.2) is 26.9 Å². The molecule has 1 saturated heterocycles. The van der Waals surface area contributed by atoms with E-state index in [2.05, 4.69) is 26.0 Å². The zero-order valence-electron chi connectivity index (χ0n) is 16.2. The van der Waals surface area contributed by atoms with E-state index in [0.29, 0.717) is 28.5 Å². The maximum absolute atomic E-state index is 15.0. The molecule has 0 aliphatic carbocycles. The Morgan fingerprint density at radius 3 is 2.77 bits per heavy atom. The van der Waals surface area contributed by atoms with Crippen LogP contribution in [0.15, 0.2) is 28.9 Å². The third-order valence-electron chi connectivity index (χ3n) is 4.78. The lowest BCUT2D eigenvalue weighted by Gasteiger charge is -2.22. The molecule has 0 amide bonds. The molecule has 164 valence electrons. The third kappa shape index (κ3) is 4.32. The van der Waals surface area contributed by atoms with Crippen LogP contribution in [-0.4, -0.2) is 41.8 Å². The van der Waals surface area contributed by atoms with E-state index in [9.17, 15) is 22.0 Å². The van der Waals surface area contributed by atoms with Crippen LogP contribution < -0.4 is 4.72 Å². The number of hydrogen-bond acceptors (Lipinski definition) is 6. The van der Waals surface area contributed by atoms with Gasteiger partial charge < -0.3 is 4.74 Å². The lowest BCUT2D eigenvalue weighted by molar-refractivity contribution is -0.0371. The molecule has 1 aliphatic heterocycles. The fourth-order valence-electron chi connectivity index (χ4n) is 3.42. The number of carbonyl (C=O) groups excluding carboxylic acids is 1. The Morgan fingerprint density at radius 2 is 2.10 bits per heavy atom. The largest absolute Gasteiger partial charge is 0.356 e. The summed E-state index contributed by atoms with van der Waals surface area (Å²) in [6.07, 6.45) is 4.38. The van der Waals surface area contributed by atoms with Crippen LogP contribution in [0, 0.1) is 11.6 Å². The Hall–Kier alpha value is -2.44. The van der Waals surface area contributed by atoms with Crippen LogP contribution in [0.2, 0.25) is 0 Å². The number of anilines is 1. The highest BCUT2D eigenvalue weighted by Crippen LogP contribution is 2.31. The lowest BCUT2D eigenvalue weighted by atomic mass is 10.0. The number of fused-ring (bicyclic) bond motifs is 1. The zero-order chi connectivity index (χ0) is 22.3. The maximum atomic E-state index is 15.0. The number of rotatable bonds is 5. The fourth-order valence-corrected chi connectivity index (χ4v) is 4.31.